The van der Waals surface area contributed by atoms with Crippen LogP contribution in [0.1, 0.15) is 108 Å². The maximum Gasteiger partial charge on any atom is 0.159 e. The first-order valence-electron chi connectivity index (χ1n) is 13.1. The number of rotatable bonds is 8. The molecule has 0 heterocycles. The molecule has 0 aromatic heterocycles. The van der Waals surface area contributed by atoms with Gasteiger partial charge in [0.2, 0.25) is 0 Å². The predicted molar refractivity (Wildman–Crippen MR) is 122 cm³/mol. The highest BCUT2D eigenvalue weighted by Gasteiger charge is 2.30. The van der Waals surface area contributed by atoms with Gasteiger partial charge in [-0.25, -0.2) is 8.78 Å². The second kappa shape index (κ2) is 10.6. The molecule has 0 nitrogen and oxygen atoms in total. The van der Waals surface area contributed by atoms with Crippen molar-refractivity contribution in [2.24, 2.45) is 29.6 Å². The molecule has 2 saturated carbocycles. The summed E-state index contributed by atoms with van der Waals surface area (Å²) >= 11 is 0. The molecule has 1 aromatic rings. The standard InChI is InChI=1S/C28H42F2/c1-2-5-20-8-12-23(13-9-20)24-14-10-21(11-15-24)6-3-4-7-22-16-25-18-27(29)28(30)19-26(25)17-22/h18-24H,2-17H2,1H3. The van der Waals surface area contributed by atoms with Crippen LogP contribution in [0.4, 0.5) is 8.78 Å². The zero-order chi connectivity index (χ0) is 20.9. The van der Waals surface area contributed by atoms with E-state index in [2.05, 4.69) is 6.92 Å². The molecule has 2 fully saturated rings. The molecule has 3 aliphatic rings. The molecule has 30 heavy (non-hydrogen) atoms. The predicted octanol–water partition coefficient (Wildman–Crippen LogP) is 8.65. The van der Waals surface area contributed by atoms with Crippen molar-refractivity contribution >= 4 is 0 Å². The van der Waals surface area contributed by atoms with E-state index < -0.39 is 11.6 Å². The van der Waals surface area contributed by atoms with Crippen LogP contribution in [-0.2, 0) is 12.8 Å². The molecule has 0 unspecified atom stereocenters. The molecule has 0 bridgehead atoms. The Bertz CT molecular complexity index is 634. The van der Waals surface area contributed by atoms with Gasteiger partial charge in [-0.3, -0.25) is 0 Å². The van der Waals surface area contributed by atoms with Gasteiger partial charge in [-0.1, -0.05) is 64.7 Å². The average Bonchev–Trinajstić information content (AvgIpc) is 3.14. The summed E-state index contributed by atoms with van der Waals surface area (Å²) in [5.74, 6) is 3.30. The number of halogens is 2. The Hall–Kier alpha value is -0.920. The molecule has 0 saturated heterocycles. The maximum atomic E-state index is 13.4. The van der Waals surface area contributed by atoms with Crippen molar-refractivity contribution in [3.63, 3.8) is 0 Å². The highest BCUT2D eigenvalue weighted by molar-refractivity contribution is 5.33. The average molecular weight is 417 g/mol. The van der Waals surface area contributed by atoms with Gasteiger partial charge in [0.25, 0.3) is 0 Å². The fourth-order valence-electron chi connectivity index (χ4n) is 7.08. The molecule has 0 aliphatic heterocycles. The molecule has 1 aromatic carbocycles. The summed E-state index contributed by atoms with van der Waals surface area (Å²) in [4.78, 5) is 0. The van der Waals surface area contributed by atoms with Crippen LogP contribution in [0.2, 0.25) is 0 Å². The van der Waals surface area contributed by atoms with E-state index in [1.165, 1.54) is 102 Å². The Morgan fingerprint density at radius 1 is 0.633 bits per heavy atom. The third-order valence-electron chi connectivity index (χ3n) is 8.88. The molecular formula is C28H42F2. The van der Waals surface area contributed by atoms with Crippen molar-refractivity contribution in [2.45, 2.75) is 110 Å². The highest BCUT2D eigenvalue weighted by Crippen LogP contribution is 2.43. The largest absolute Gasteiger partial charge is 0.204 e. The van der Waals surface area contributed by atoms with Gasteiger partial charge in [0, 0.05) is 0 Å². The number of fused-ring (bicyclic) bond motifs is 1. The lowest BCUT2D eigenvalue weighted by Gasteiger charge is -2.38. The number of unbranched alkanes of at least 4 members (excludes halogenated alkanes) is 1. The maximum absolute atomic E-state index is 13.4. The number of benzene rings is 1. The summed E-state index contributed by atoms with van der Waals surface area (Å²) in [6.45, 7) is 2.34. The second-order valence-electron chi connectivity index (χ2n) is 10.9. The highest BCUT2D eigenvalue weighted by atomic mass is 19.2. The zero-order valence-electron chi connectivity index (χ0n) is 19.1. The van der Waals surface area contributed by atoms with Crippen molar-refractivity contribution in [3.8, 4) is 0 Å². The summed E-state index contributed by atoms with van der Waals surface area (Å²) in [7, 11) is 0. The molecule has 0 N–H and O–H groups in total. The minimum Gasteiger partial charge on any atom is -0.204 e. The summed E-state index contributed by atoms with van der Waals surface area (Å²) < 4.78 is 26.9. The molecule has 168 valence electrons. The van der Waals surface area contributed by atoms with Crippen molar-refractivity contribution in [1.82, 2.24) is 0 Å². The zero-order valence-corrected chi connectivity index (χ0v) is 19.1. The molecule has 4 rings (SSSR count). The molecule has 2 heteroatoms. The van der Waals surface area contributed by atoms with Gasteiger partial charge in [-0.05, 0) is 97.8 Å². The second-order valence-corrected chi connectivity index (χ2v) is 10.9. The van der Waals surface area contributed by atoms with E-state index in [1.54, 1.807) is 0 Å². The summed E-state index contributed by atoms with van der Waals surface area (Å²) in [6.07, 6.45) is 21.9. The van der Waals surface area contributed by atoms with E-state index in [0.29, 0.717) is 5.92 Å². The SMILES string of the molecule is CCCC1CCC(C2CCC(CCCCC3Cc4cc(F)c(F)cc4C3)CC2)CC1. The van der Waals surface area contributed by atoms with Crippen LogP contribution in [0, 0.1) is 41.2 Å². The Labute approximate surface area is 183 Å². The Morgan fingerprint density at radius 2 is 1.07 bits per heavy atom. The van der Waals surface area contributed by atoms with Crippen LogP contribution in [0.15, 0.2) is 12.1 Å². The number of hydrogen-bond acceptors (Lipinski definition) is 0. The van der Waals surface area contributed by atoms with E-state index in [-0.39, 0.29) is 0 Å². The van der Waals surface area contributed by atoms with Gasteiger partial charge in [0.1, 0.15) is 0 Å². The minimum atomic E-state index is -0.681. The molecule has 0 amide bonds. The first-order chi connectivity index (χ1) is 14.6. The van der Waals surface area contributed by atoms with Crippen molar-refractivity contribution in [3.05, 3.63) is 34.9 Å². The third-order valence-corrected chi connectivity index (χ3v) is 8.88. The van der Waals surface area contributed by atoms with Gasteiger partial charge in [0.15, 0.2) is 11.6 Å². The summed E-state index contributed by atoms with van der Waals surface area (Å²) in [6, 6.07) is 2.86. The van der Waals surface area contributed by atoms with E-state index in [1.807, 2.05) is 0 Å². The lowest BCUT2D eigenvalue weighted by atomic mass is 9.68. The van der Waals surface area contributed by atoms with Gasteiger partial charge < -0.3 is 0 Å². The van der Waals surface area contributed by atoms with Crippen LogP contribution < -0.4 is 0 Å². The van der Waals surface area contributed by atoms with Crippen molar-refractivity contribution in [2.75, 3.05) is 0 Å². The topological polar surface area (TPSA) is 0 Å². The van der Waals surface area contributed by atoms with Crippen LogP contribution >= 0.6 is 0 Å². The fourth-order valence-corrected chi connectivity index (χ4v) is 7.08. The first-order valence-corrected chi connectivity index (χ1v) is 13.1. The van der Waals surface area contributed by atoms with Gasteiger partial charge in [-0.2, -0.15) is 0 Å². The number of hydrogen-bond donors (Lipinski definition) is 0. The van der Waals surface area contributed by atoms with Gasteiger partial charge >= 0.3 is 0 Å². The molecule has 0 atom stereocenters. The van der Waals surface area contributed by atoms with E-state index >= 15 is 0 Å². The van der Waals surface area contributed by atoms with Crippen molar-refractivity contribution < 1.29 is 8.78 Å². The molecular weight excluding hydrogens is 374 g/mol. The molecule has 0 radical (unpaired) electrons. The van der Waals surface area contributed by atoms with Gasteiger partial charge in [-0.15, -0.1) is 0 Å². The van der Waals surface area contributed by atoms with E-state index in [4.69, 9.17) is 0 Å². The monoisotopic (exact) mass is 416 g/mol. The lowest BCUT2D eigenvalue weighted by molar-refractivity contribution is 0.140. The van der Waals surface area contributed by atoms with Crippen LogP contribution in [0.3, 0.4) is 0 Å². The van der Waals surface area contributed by atoms with E-state index in [0.717, 1.165) is 47.6 Å². The smallest absolute Gasteiger partial charge is 0.159 e. The third kappa shape index (κ3) is 5.65. The molecule has 0 spiro atoms. The van der Waals surface area contributed by atoms with Crippen LogP contribution in [0.5, 0.6) is 0 Å². The first kappa shape index (κ1) is 22.3. The quantitative estimate of drug-likeness (QED) is 0.372. The normalized spacial score (nSPS) is 29.8. The summed E-state index contributed by atoms with van der Waals surface area (Å²) in [5, 5.41) is 0. The Balaban J connectivity index is 1.09. The van der Waals surface area contributed by atoms with Crippen LogP contribution in [-0.4, -0.2) is 0 Å². The Kier molecular flexibility index (Phi) is 7.87. The molecule has 3 aliphatic carbocycles. The van der Waals surface area contributed by atoms with Crippen molar-refractivity contribution in [1.29, 1.82) is 0 Å². The van der Waals surface area contributed by atoms with Gasteiger partial charge in [0.05, 0.1) is 0 Å². The lowest BCUT2D eigenvalue weighted by Crippen LogP contribution is -2.25. The fraction of sp³-hybridized carbons (Fsp3) is 0.786. The van der Waals surface area contributed by atoms with E-state index in [9.17, 15) is 8.78 Å². The minimum absolute atomic E-state index is 0.597. The summed E-state index contributed by atoms with van der Waals surface area (Å²) in [5.41, 5.74) is 2.09. The van der Waals surface area contributed by atoms with Crippen LogP contribution in [0.25, 0.3) is 0 Å². The Morgan fingerprint density at radius 3 is 1.53 bits per heavy atom.